The molecule has 0 fully saturated rings. The number of fused-ring (bicyclic) bond motifs is 1. The van der Waals surface area contributed by atoms with Gasteiger partial charge in [-0.3, -0.25) is 4.79 Å². The first-order chi connectivity index (χ1) is 11.5. The third kappa shape index (κ3) is 2.96. The number of benzene rings is 2. The van der Waals surface area contributed by atoms with Crippen LogP contribution >= 0.6 is 0 Å². The van der Waals surface area contributed by atoms with E-state index in [1.165, 1.54) is 0 Å². The van der Waals surface area contributed by atoms with Crippen molar-refractivity contribution in [1.29, 1.82) is 0 Å². The van der Waals surface area contributed by atoms with Crippen molar-refractivity contribution in [2.75, 3.05) is 24.7 Å². The Labute approximate surface area is 143 Å². The lowest BCUT2D eigenvalue weighted by Crippen LogP contribution is -2.43. The molecular weight excluding hydrogens is 302 g/mol. The Hall–Kier alpha value is -2.49. The Balaban J connectivity index is 1.92. The van der Waals surface area contributed by atoms with Crippen LogP contribution in [0.15, 0.2) is 48.5 Å². The number of hydrogen-bond donors (Lipinski definition) is 0. The summed E-state index contributed by atoms with van der Waals surface area (Å²) >= 11 is 0. The van der Waals surface area contributed by atoms with Crippen LogP contribution in [0, 0.1) is 0 Å². The van der Waals surface area contributed by atoms with Crippen LogP contribution in [-0.2, 0) is 10.2 Å². The summed E-state index contributed by atoms with van der Waals surface area (Å²) < 4.78 is 11.2. The van der Waals surface area contributed by atoms with E-state index in [2.05, 4.69) is 0 Å². The van der Waals surface area contributed by atoms with Gasteiger partial charge in [-0.15, -0.1) is 0 Å². The molecule has 0 aromatic heterocycles. The van der Waals surface area contributed by atoms with E-state index in [1.54, 1.807) is 0 Å². The zero-order chi connectivity index (χ0) is 17.2. The number of nitrogens with zero attached hydrogens (tertiary/aromatic N) is 1. The van der Waals surface area contributed by atoms with E-state index in [0.29, 0.717) is 25.5 Å². The number of para-hydroxylation sites is 1. The molecule has 0 spiro atoms. The summed E-state index contributed by atoms with van der Waals surface area (Å²) in [5, 5.41) is 0. The second-order valence-corrected chi connectivity index (χ2v) is 6.37. The standard InChI is InChI=1S/C20H23NO3/c1-4-21(16-8-6-5-7-9-16)19(22)20(2,3)15-10-11-17-18(14-15)24-13-12-23-17/h5-11,14H,4,12-13H2,1-3H3. The summed E-state index contributed by atoms with van der Waals surface area (Å²) in [6.45, 7) is 7.61. The van der Waals surface area contributed by atoms with E-state index in [4.69, 9.17) is 9.47 Å². The molecule has 0 saturated carbocycles. The number of likely N-dealkylation sites (N-methyl/N-ethyl adjacent to an activating group) is 1. The SMILES string of the molecule is CCN(C(=O)C(C)(C)c1ccc2c(c1)OCCO2)c1ccccc1. The molecule has 2 aromatic rings. The maximum absolute atomic E-state index is 13.2. The fraction of sp³-hybridized carbons (Fsp3) is 0.350. The first kappa shape index (κ1) is 16.4. The van der Waals surface area contributed by atoms with Gasteiger partial charge in [0.25, 0.3) is 0 Å². The van der Waals surface area contributed by atoms with Crippen molar-refractivity contribution in [3.8, 4) is 11.5 Å². The minimum atomic E-state index is -0.665. The Morgan fingerprint density at radius 1 is 1.04 bits per heavy atom. The smallest absolute Gasteiger partial charge is 0.237 e. The lowest BCUT2D eigenvalue weighted by atomic mass is 9.82. The molecule has 1 heterocycles. The van der Waals surface area contributed by atoms with Gasteiger partial charge in [0, 0.05) is 12.2 Å². The summed E-state index contributed by atoms with van der Waals surface area (Å²) in [5.74, 6) is 1.51. The van der Waals surface area contributed by atoms with Gasteiger partial charge in [-0.25, -0.2) is 0 Å². The molecule has 0 unspecified atom stereocenters. The second-order valence-electron chi connectivity index (χ2n) is 6.37. The van der Waals surface area contributed by atoms with Crippen molar-refractivity contribution in [3.63, 3.8) is 0 Å². The minimum absolute atomic E-state index is 0.0628. The number of carbonyl (C=O) groups excluding carboxylic acids is 1. The number of rotatable bonds is 4. The highest BCUT2D eigenvalue weighted by molar-refractivity contribution is 6.00. The molecule has 0 N–H and O–H groups in total. The van der Waals surface area contributed by atoms with Crippen LogP contribution in [0.1, 0.15) is 26.3 Å². The summed E-state index contributed by atoms with van der Waals surface area (Å²) in [5.41, 5.74) is 1.17. The highest BCUT2D eigenvalue weighted by Gasteiger charge is 2.34. The van der Waals surface area contributed by atoms with E-state index in [-0.39, 0.29) is 5.91 Å². The van der Waals surface area contributed by atoms with Crippen molar-refractivity contribution in [3.05, 3.63) is 54.1 Å². The molecule has 1 aliphatic rings. The van der Waals surface area contributed by atoms with Gasteiger partial charge >= 0.3 is 0 Å². The maximum atomic E-state index is 13.2. The number of anilines is 1. The first-order valence-electron chi connectivity index (χ1n) is 8.31. The Kier molecular flexibility index (Phi) is 4.47. The monoisotopic (exact) mass is 325 g/mol. The average Bonchev–Trinajstić information content (AvgIpc) is 2.62. The molecule has 0 saturated heterocycles. The quantitative estimate of drug-likeness (QED) is 0.858. The van der Waals surface area contributed by atoms with Gasteiger partial charge in [0.2, 0.25) is 5.91 Å². The van der Waals surface area contributed by atoms with Crippen LogP contribution in [0.2, 0.25) is 0 Å². The largest absolute Gasteiger partial charge is 0.486 e. The van der Waals surface area contributed by atoms with Gasteiger partial charge in [0.05, 0.1) is 5.41 Å². The third-order valence-corrected chi connectivity index (χ3v) is 4.43. The molecule has 2 aromatic carbocycles. The summed E-state index contributed by atoms with van der Waals surface area (Å²) in [7, 11) is 0. The Morgan fingerprint density at radius 2 is 1.71 bits per heavy atom. The number of ether oxygens (including phenoxy) is 2. The zero-order valence-corrected chi connectivity index (χ0v) is 14.4. The summed E-state index contributed by atoms with van der Waals surface area (Å²) in [6.07, 6.45) is 0. The van der Waals surface area contributed by atoms with Gasteiger partial charge < -0.3 is 14.4 Å². The minimum Gasteiger partial charge on any atom is -0.486 e. The predicted octanol–water partition coefficient (Wildman–Crippen LogP) is 3.79. The fourth-order valence-electron chi connectivity index (χ4n) is 2.94. The van der Waals surface area contributed by atoms with Crippen molar-refractivity contribution in [2.45, 2.75) is 26.2 Å². The van der Waals surface area contributed by atoms with Crippen LogP contribution in [0.3, 0.4) is 0 Å². The van der Waals surface area contributed by atoms with E-state index < -0.39 is 5.41 Å². The molecule has 1 aliphatic heterocycles. The predicted molar refractivity (Wildman–Crippen MR) is 94.9 cm³/mol. The van der Waals surface area contributed by atoms with Crippen LogP contribution in [0.25, 0.3) is 0 Å². The van der Waals surface area contributed by atoms with Crippen LogP contribution in [-0.4, -0.2) is 25.7 Å². The van der Waals surface area contributed by atoms with E-state index >= 15 is 0 Å². The van der Waals surface area contributed by atoms with Gasteiger partial charge in [0.15, 0.2) is 11.5 Å². The summed E-state index contributed by atoms with van der Waals surface area (Å²) in [4.78, 5) is 15.0. The molecule has 1 amide bonds. The van der Waals surface area contributed by atoms with Gasteiger partial charge in [-0.1, -0.05) is 24.3 Å². The van der Waals surface area contributed by atoms with E-state index in [1.807, 2.05) is 74.2 Å². The molecule has 4 nitrogen and oxygen atoms in total. The van der Waals surface area contributed by atoms with E-state index in [9.17, 15) is 4.79 Å². The van der Waals surface area contributed by atoms with Gasteiger partial charge in [-0.2, -0.15) is 0 Å². The zero-order valence-electron chi connectivity index (χ0n) is 14.4. The van der Waals surface area contributed by atoms with E-state index in [0.717, 1.165) is 17.0 Å². The summed E-state index contributed by atoms with van der Waals surface area (Å²) in [6, 6.07) is 15.5. The molecule has 24 heavy (non-hydrogen) atoms. The Bertz CT molecular complexity index is 725. The van der Waals surface area contributed by atoms with Crippen molar-refractivity contribution in [2.24, 2.45) is 0 Å². The second kappa shape index (κ2) is 6.56. The van der Waals surface area contributed by atoms with Gasteiger partial charge in [-0.05, 0) is 50.6 Å². The third-order valence-electron chi connectivity index (χ3n) is 4.43. The Morgan fingerprint density at radius 3 is 2.38 bits per heavy atom. The fourth-order valence-corrected chi connectivity index (χ4v) is 2.94. The number of carbonyl (C=O) groups is 1. The highest BCUT2D eigenvalue weighted by atomic mass is 16.6. The topological polar surface area (TPSA) is 38.8 Å². The lowest BCUT2D eigenvalue weighted by Gasteiger charge is -2.32. The van der Waals surface area contributed by atoms with Crippen molar-refractivity contribution >= 4 is 11.6 Å². The van der Waals surface area contributed by atoms with Crippen LogP contribution in [0.5, 0.6) is 11.5 Å². The molecule has 126 valence electrons. The molecule has 4 heteroatoms. The van der Waals surface area contributed by atoms with Crippen LogP contribution < -0.4 is 14.4 Å². The van der Waals surface area contributed by atoms with Crippen LogP contribution in [0.4, 0.5) is 5.69 Å². The molecule has 0 atom stereocenters. The normalized spacial score (nSPS) is 13.5. The molecule has 3 rings (SSSR count). The molecule has 0 aliphatic carbocycles. The van der Waals surface area contributed by atoms with Gasteiger partial charge in [0.1, 0.15) is 13.2 Å². The average molecular weight is 325 g/mol. The van der Waals surface area contributed by atoms with Crippen molar-refractivity contribution < 1.29 is 14.3 Å². The molecular formula is C20H23NO3. The van der Waals surface area contributed by atoms with Crippen molar-refractivity contribution in [1.82, 2.24) is 0 Å². The first-order valence-corrected chi connectivity index (χ1v) is 8.31. The number of amides is 1. The highest BCUT2D eigenvalue weighted by Crippen LogP contribution is 2.36. The lowest BCUT2D eigenvalue weighted by molar-refractivity contribution is -0.123. The number of hydrogen-bond acceptors (Lipinski definition) is 3. The maximum Gasteiger partial charge on any atom is 0.237 e. The molecule has 0 radical (unpaired) electrons. The molecule has 0 bridgehead atoms.